The highest BCUT2D eigenvalue weighted by Gasteiger charge is 2.14. The summed E-state index contributed by atoms with van der Waals surface area (Å²) < 4.78 is 0. The molecule has 1 rings (SSSR count). The predicted octanol–water partition coefficient (Wildman–Crippen LogP) is 5.78. The number of hydrogen-bond acceptors (Lipinski definition) is 1. The molecular weight excluding hydrogens is 230 g/mol. The summed E-state index contributed by atoms with van der Waals surface area (Å²) in [6.07, 6.45) is 20.5. The molecule has 1 heteroatoms. The summed E-state index contributed by atoms with van der Waals surface area (Å²) >= 11 is 0. The van der Waals surface area contributed by atoms with Crippen molar-refractivity contribution >= 4 is 0 Å². The van der Waals surface area contributed by atoms with Gasteiger partial charge in [-0.25, -0.2) is 0 Å². The van der Waals surface area contributed by atoms with Crippen molar-refractivity contribution in [3.8, 4) is 0 Å². The zero-order chi connectivity index (χ0) is 13.6. The van der Waals surface area contributed by atoms with Crippen molar-refractivity contribution < 1.29 is 0 Å². The van der Waals surface area contributed by atoms with Crippen molar-refractivity contribution in [3.63, 3.8) is 0 Å². The summed E-state index contributed by atoms with van der Waals surface area (Å²) in [7, 11) is 0. The fraction of sp³-hybridized carbons (Fsp3) is 1.00. The molecule has 0 aliphatic carbocycles. The Bertz CT molecular complexity index is 175. The highest BCUT2D eigenvalue weighted by Crippen LogP contribution is 2.13. The fourth-order valence-electron chi connectivity index (χ4n) is 2.82. The third-order valence-corrected chi connectivity index (χ3v) is 4.37. The molecule has 1 heterocycles. The molecule has 0 saturated carbocycles. The molecule has 0 spiro atoms. The van der Waals surface area contributed by atoms with Gasteiger partial charge in [-0.15, -0.1) is 0 Å². The lowest BCUT2D eigenvalue weighted by atomic mass is 10.0. The van der Waals surface area contributed by atoms with Crippen molar-refractivity contribution in [2.75, 3.05) is 19.6 Å². The average molecular weight is 268 g/mol. The van der Waals surface area contributed by atoms with Crippen LogP contribution in [0.1, 0.15) is 96.8 Å². The minimum Gasteiger partial charge on any atom is -0.301 e. The first-order chi connectivity index (χ1) is 9.43. The van der Waals surface area contributed by atoms with E-state index in [4.69, 9.17) is 0 Å². The molecule has 0 bridgehead atoms. The summed E-state index contributed by atoms with van der Waals surface area (Å²) in [5.74, 6) is 0. The summed E-state index contributed by atoms with van der Waals surface area (Å²) in [5, 5.41) is 0. The van der Waals surface area contributed by atoms with Gasteiger partial charge in [0.1, 0.15) is 0 Å². The maximum absolute atomic E-state index is 2.54. The zero-order valence-electron chi connectivity index (χ0n) is 13.5. The van der Waals surface area contributed by atoms with E-state index in [0.29, 0.717) is 0 Å². The van der Waals surface area contributed by atoms with Crippen molar-refractivity contribution in [1.82, 2.24) is 4.90 Å². The van der Waals surface area contributed by atoms with E-state index < -0.39 is 0 Å². The molecule has 19 heavy (non-hydrogen) atoms. The Balaban J connectivity index is 1.60. The molecule has 0 atom stereocenters. The second kappa shape index (κ2) is 13.0. The van der Waals surface area contributed by atoms with Crippen molar-refractivity contribution in [3.05, 3.63) is 0 Å². The van der Waals surface area contributed by atoms with E-state index in [-0.39, 0.29) is 0 Å². The first kappa shape index (κ1) is 17.0. The Morgan fingerprint density at radius 2 is 0.895 bits per heavy atom. The number of nitrogens with zero attached hydrogens (tertiary/aromatic N) is 1. The number of unbranched alkanes of at least 4 members (excludes halogenated alkanes) is 13. The molecule has 0 aromatic carbocycles. The SMILES string of the molecule is CCCCCCCCCCCCCCCCN1CC1. The first-order valence-corrected chi connectivity index (χ1v) is 9.16. The number of rotatable bonds is 15. The Labute approximate surface area is 122 Å². The van der Waals surface area contributed by atoms with E-state index in [1.54, 1.807) is 0 Å². The molecule has 1 nitrogen and oxygen atoms in total. The minimum atomic E-state index is 1.37. The molecule has 1 aliphatic heterocycles. The lowest BCUT2D eigenvalue weighted by Crippen LogP contribution is -1.98. The van der Waals surface area contributed by atoms with Crippen LogP contribution in [0.5, 0.6) is 0 Å². The largest absolute Gasteiger partial charge is 0.301 e. The van der Waals surface area contributed by atoms with E-state index in [2.05, 4.69) is 11.8 Å². The fourth-order valence-corrected chi connectivity index (χ4v) is 2.82. The van der Waals surface area contributed by atoms with Crippen LogP contribution >= 0.6 is 0 Å². The Kier molecular flexibility index (Phi) is 11.6. The monoisotopic (exact) mass is 267 g/mol. The van der Waals surface area contributed by atoms with Crippen LogP contribution < -0.4 is 0 Å². The quantitative estimate of drug-likeness (QED) is 0.268. The molecule has 0 aromatic rings. The highest BCUT2D eigenvalue weighted by atomic mass is 15.2. The van der Waals surface area contributed by atoms with Gasteiger partial charge in [-0.1, -0.05) is 90.4 Å². The van der Waals surface area contributed by atoms with Crippen LogP contribution in [0.3, 0.4) is 0 Å². The Morgan fingerprint density at radius 1 is 0.526 bits per heavy atom. The van der Waals surface area contributed by atoms with Gasteiger partial charge in [0.05, 0.1) is 0 Å². The highest BCUT2D eigenvalue weighted by molar-refractivity contribution is 4.71. The zero-order valence-corrected chi connectivity index (χ0v) is 13.5. The number of hydrogen-bond donors (Lipinski definition) is 0. The first-order valence-electron chi connectivity index (χ1n) is 9.16. The normalized spacial score (nSPS) is 15.0. The van der Waals surface area contributed by atoms with Crippen molar-refractivity contribution in [2.24, 2.45) is 0 Å². The molecule has 0 unspecified atom stereocenters. The van der Waals surface area contributed by atoms with Crippen LogP contribution in [-0.2, 0) is 0 Å². The van der Waals surface area contributed by atoms with Gasteiger partial charge in [-0.05, 0) is 13.0 Å². The molecular formula is C18H37N. The maximum atomic E-state index is 2.54. The molecule has 1 fully saturated rings. The van der Waals surface area contributed by atoms with Crippen LogP contribution in [0.25, 0.3) is 0 Å². The predicted molar refractivity (Wildman–Crippen MR) is 86.8 cm³/mol. The second-order valence-electron chi connectivity index (χ2n) is 6.44. The Hall–Kier alpha value is -0.0400. The minimum absolute atomic E-state index is 1.37. The molecule has 0 radical (unpaired) electrons. The summed E-state index contributed by atoms with van der Waals surface area (Å²) in [6, 6.07) is 0. The van der Waals surface area contributed by atoms with E-state index >= 15 is 0 Å². The van der Waals surface area contributed by atoms with Crippen molar-refractivity contribution in [2.45, 2.75) is 96.8 Å². The molecule has 0 amide bonds. The van der Waals surface area contributed by atoms with E-state index in [1.807, 2.05) is 0 Å². The lowest BCUT2D eigenvalue weighted by Gasteiger charge is -2.03. The maximum Gasteiger partial charge on any atom is 0.0110 e. The van der Waals surface area contributed by atoms with Gasteiger partial charge < -0.3 is 4.90 Å². The average Bonchev–Trinajstić information content (AvgIpc) is 3.23. The summed E-state index contributed by atoms with van der Waals surface area (Å²) in [6.45, 7) is 6.42. The smallest absolute Gasteiger partial charge is 0.0110 e. The van der Waals surface area contributed by atoms with Gasteiger partial charge in [0.15, 0.2) is 0 Å². The van der Waals surface area contributed by atoms with Crippen LogP contribution in [0, 0.1) is 0 Å². The third-order valence-electron chi connectivity index (χ3n) is 4.37. The van der Waals surface area contributed by atoms with Gasteiger partial charge >= 0.3 is 0 Å². The van der Waals surface area contributed by atoms with Crippen LogP contribution in [-0.4, -0.2) is 24.5 Å². The third kappa shape index (κ3) is 12.7. The molecule has 0 aromatic heterocycles. The Morgan fingerprint density at radius 3 is 1.26 bits per heavy atom. The van der Waals surface area contributed by atoms with E-state index in [9.17, 15) is 0 Å². The standard InChI is InChI=1S/C18H37N/c1-2-3-4-5-6-7-8-9-10-11-12-13-14-15-16-19-17-18-19/h2-18H2,1H3. The van der Waals surface area contributed by atoms with Gasteiger partial charge in [-0.2, -0.15) is 0 Å². The van der Waals surface area contributed by atoms with Gasteiger partial charge in [0.2, 0.25) is 0 Å². The van der Waals surface area contributed by atoms with Crippen LogP contribution in [0.4, 0.5) is 0 Å². The van der Waals surface area contributed by atoms with E-state index in [1.165, 1.54) is 110 Å². The topological polar surface area (TPSA) is 3.01 Å². The summed E-state index contributed by atoms with van der Waals surface area (Å²) in [4.78, 5) is 2.54. The van der Waals surface area contributed by atoms with Crippen LogP contribution in [0.2, 0.25) is 0 Å². The molecule has 0 N–H and O–H groups in total. The second-order valence-corrected chi connectivity index (χ2v) is 6.44. The molecule has 114 valence electrons. The molecule has 1 saturated heterocycles. The molecule has 1 aliphatic rings. The van der Waals surface area contributed by atoms with Crippen LogP contribution in [0.15, 0.2) is 0 Å². The van der Waals surface area contributed by atoms with Crippen molar-refractivity contribution in [1.29, 1.82) is 0 Å². The van der Waals surface area contributed by atoms with Gasteiger partial charge in [-0.3, -0.25) is 0 Å². The van der Waals surface area contributed by atoms with Gasteiger partial charge in [0.25, 0.3) is 0 Å². The lowest BCUT2D eigenvalue weighted by molar-refractivity contribution is 0.494. The summed E-state index contributed by atoms with van der Waals surface area (Å²) in [5.41, 5.74) is 0. The van der Waals surface area contributed by atoms with E-state index in [0.717, 1.165) is 0 Å². The van der Waals surface area contributed by atoms with Gasteiger partial charge in [0, 0.05) is 13.1 Å².